The van der Waals surface area contributed by atoms with Crippen LogP contribution in [0, 0.1) is 0 Å². The van der Waals surface area contributed by atoms with Crippen molar-refractivity contribution in [3.8, 4) is 0 Å². The highest BCUT2D eigenvalue weighted by Gasteiger charge is 2.30. The Balaban J connectivity index is 1.23. The van der Waals surface area contributed by atoms with E-state index in [2.05, 4.69) is 11.6 Å². The van der Waals surface area contributed by atoms with E-state index in [9.17, 15) is 28.8 Å². The monoisotopic (exact) mass is 505 g/mol. The van der Waals surface area contributed by atoms with Crippen LogP contribution in [-0.2, 0) is 36.8 Å². The largest absolute Gasteiger partial charge is 0.464 e. The van der Waals surface area contributed by atoms with E-state index in [0.717, 1.165) is 9.47 Å². The fraction of sp³-hybridized carbons (Fsp3) is 0.231. The van der Waals surface area contributed by atoms with Crippen LogP contribution >= 0.6 is 0 Å². The van der Waals surface area contributed by atoms with E-state index in [-0.39, 0.29) is 38.3 Å². The number of benzene rings is 2. The third kappa shape index (κ3) is 5.56. The second-order valence-corrected chi connectivity index (χ2v) is 8.25. The predicted octanol–water partition coefficient (Wildman–Crippen LogP) is 0.948. The molecule has 0 unspecified atom stereocenters. The molecular formula is C26H23N3O8. The summed E-state index contributed by atoms with van der Waals surface area (Å²) in [6, 6.07) is 13.3. The number of nitrogens with zero attached hydrogens (tertiary/aromatic N) is 2. The van der Waals surface area contributed by atoms with E-state index in [1.54, 1.807) is 48.5 Å². The number of ether oxygens (including phenoxy) is 2. The van der Waals surface area contributed by atoms with Crippen LogP contribution in [0.15, 0.2) is 70.3 Å². The fourth-order valence-electron chi connectivity index (χ4n) is 3.91. The maximum absolute atomic E-state index is 12.5. The van der Waals surface area contributed by atoms with E-state index >= 15 is 0 Å². The van der Waals surface area contributed by atoms with Gasteiger partial charge in [-0.3, -0.25) is 28.6 Å². The van der Waals surface area contributed by atoms with E-state index in [4.69, 9.17) is 9.47 Å². The van der Waals surface area contributed by atoms with Crippen LogP contribution in [0.1, 0.15) is 22.3 Å². The van der Waals surface area contributed by atoms with Crippen molar-refractivity contribution in [3.63, 3.8) is 0 Å². The number of carbonyl (C=O) groups excluding carboxylic acids is 4. The second kappa shape index (κ2) is 10.9. The molecule has 0 aliphatic carbocycles. The third-order valence-electron chi connectivity index (χ3n) is 5.80. The van der Waals surface area contributed by atoms with Gasteiger partial charge < -0.3 is 14.5 Å². The molecule has 0 atom stereocenters. The lowest BCUT2D eigenvalue weighted by atomic mass is 9.99. The van der Waals surface area contributed by atoms with Crippen LogP contribution in [0.4, 0.5) is 0 Å². The van der Waals surface area contributed by atoms with Gasteiger partial charge in [0.25, 0.3) is 11.5 Å². The smallest absolute Gasteiger partial charge is 0.334 e. The third-order valence-corrected chi connectivity index (χ3v) is 5.80. The van der Waals surface area contributed by atoms with Crippen molar-refractivity contribution >= 4 is 34.7 Å². The maximum Gasteiger partial charge on any atom is 0.334 e. The van der Waals surface area contributed by atoms with E-state index in [1.165, 1.54) is 0 Å². The lowest BCUT2D eigenvalue weighted by Crippen LogP contribution is -2.44. The summed E-state index contributed by atoms with van der Waals surface area (Å²) in [6.07, 6.45) is -0.400. The van der Waals surface area contributed by atoms with Crippen molar-refractivity contribution in [2.75, 3.05) is 19.8 Å². The average Bonchev–Trinajstić information content (AvgIpc) is 2.87. The van der Waals surface area contributed by atoms with Gasteiger partial charge in [-0.05, 0) is 23.8 Å². The number of rotatable bonds is 9. The molecule has 11 heteroatoms. The Hall–Kier alpha value is -4.80. The van der Waals surface area contributed by atoms with Crippen LogP contribution < -0.4 is 11.2 Å². The molecule has 1 aliphatic rings. The van der Waals surface area contributed by atoms with Crippen molar-refractivity contribution in [2.24, 2.45) is 0 Å². The molecule has 3 aromatic rings. The molecule has 37 heavy (non-hydrogen) atoms. The summed E-state index contributed by atoms with van der Waals surface area (Å²) in [4.78, 5) is 77.3. The summed E-state index contributed by atoms with van der Waals surface area (Å²) < 4.78 is 11.0. The van der Waals surface area contributed by atoms with Gasteiger partial charge in [-0.25, -0.2) is 9.59 Å². The number of fused-ring (bicyclic) bond motifs is 2. The van der Waals surface area contributed by atoms with Gasteiger partial charge in [0.15, 0.2) is 0 Å². The Morgan fingerprint density at radius 2 is 1.62 bits per heavy atom. The summed E-state index contributed by atoms with van der Waals surface area (Å²) in [7, 11) is 0. The second-order valence-electron chi connectivity index (χ2n) is 8.25. The number of hydrogen-bond donors (Lipinski definition) is 1. The van der Waals surface area contributed by atoms with Gasteiger partial charge in [-0.2, -0.15) is 0 Å². The minimum Gasteiger partial charge on any atom is -0.464 e. The SMILES string of the molecule is C=C(CC(=O)OCCn1c(=O)[nH]c2ccccc2c1=O)C(=O)OCCN1C(=O)Cc2ccccc2C1=O. The van der Waals surface area contributed by atoms with E-state index in [0.29, 0.717) is 22.0 Å². The molecule has 0 spiro atoms. The van der Waals surface area contributed by atoms with Crippen LogP contribution in [0.5, 0.6) is 0 Å². The van der Waals surface area contributed by atoms with E-state index in [1.807, 2.05) is 0 Å². The number of carbonyl (C=O) groups is 4. The molecule has 190 valence electrons. The predicted molar refractivity (Wildman–Crippen MR) is 131 cm³/mol. The van der Waals surface area contributed by atoms with Gasteiger partial charge in [0, 0.05) is 11.1 Å². The number of hydrogen-bond acceptors (Lipinski definition) is 8. The highest BCUT2D eigenvalue weighted by molar-refractivity contribution is 6.09. The van der Waals surface area contributed by atoms with Crippen LogP contribution in [0.3, 0.4) is 0 Å². The lowest BCUT2D eigenvalue weighted by Gasteiger charge is -2.26. The number of aromatic nitrogens is 2. The first-order valence-electron chi connectivity index (χ1n) is 11.4. The number of aromatic amines is 1. The number of amides is 2. The van der Waals surface area contributed by atoms with Crippen molar-refractivity contribution in [2.45, 2.75) is 19.4 Å². The zero-order valence-corrected chi connectivity index (χ0v) is 19.7. The first-order chi connectivity index (χ1) is 17.8. The van der Waals surface area contributed by atoms with Gasteiger partial charge in [-0.15, -0.1) is 0 Å². The van der Waals surface area contributed by atoms with Gasteiger partial charge in [0.1, 0.15) is 13.2 Å². The molecule has 2 aromatic carbocycles. The summed E-state index contributed by atoms with van der Waals surface area (Å²) in [6.45, 7) is 2.66. The lowest BCUT2D eigenvalue weighted by molar-refractivity contribution is -0.146. The molecule has 1 N–H and O–H groups in total. The minimum atomic E-state index is -0.878. The summed E-state index contributed by atoms with van der Waals surface area (Å²) in [5.41, 5.74) is 0.132. The van der Waals surface area contributed by atoms with Crippen molar-refractivity contribution < 1.29 is 28.7 Å². The summed E-state index contributed by atoms with van der Waals surface area (Å²) in [5.74, 6) is -2.54. The Morgan fingerprint density at radius 3 is 2.43 bits per heavy atom. The number of para-hydroxylation sites is 1. The molecule has 0 fully saturated rings. The van der Waals surface area contributed by atoms with Crippen molar-refractivity contribution in [1.29, 1.82) is 0 Å². The molecule has 2 heterocycles. The van der Waals surface area contributed by atoms with E-state index < -0.39 is 41.4 Å². The highest BCUT2D eigenvalue weighted by Crippen LogP contribution is 2.19. The molecule has 1 aromatic heterocycles. The highest BCUT2D eigenvalue weighted by atomic mass is 16.5. The molecular weight excluding hydrogens is 482 g/mol. The Morgan fingerprint density at radius 1 is 0.919 bits per heavy atom. The first-order valence-corrected chi connectivity index (χ1v) is 11.4. The van der Waals surface area contributed by atoms with Gasteiger partial charge in [0.2, 0.25) is 5.91 Å². The topological polar surface area (TPSA) is 145 Å². The van der Waals surface area contributed by atoms with Crippen molar-refractivity contribution in [1.82, 2.24) is 14.5 Å². The number of imide groups is 1. The maximum atomic E-state index is 12.5. The van der Waals surface area contributed by atoms with Gasteiger partial charge in [0.05, 0.1) is 36.8 Å². The average molecular weight is 505 g/mol. The first kappa shape index (κ1) is 25.3. The Kier molecular flexibility index (Phi) is 7.42. The number of H-pyrrole nitrogens is 1. The normalized spacial score (nSPS) is 12.8. The number of esters is 2. The standard InChI is InChI=1S/C26H23N3O8/c1-16(25(34)37-13-10-28-21(30)15-17-6-2-3-7-18(17)23(28)32)14-22(31)36-12-11-29-24(33)19-8-4-5-9-20(19)27-26(29)35/h2-9H,1,10-15H2,(H,27,35). The Bertz CT molecular complexity index is 1530. The van der Waals surface area contributed by atoms with Crippen LogP contribution in [-0.4, -0.2) is 58.0 Å². The zero-order chi connectivity index (χ0) is 26.5. The zero-order valence-electron chi connectivity index (χ0n) is 19.7. The minimum absolute atomic E-state index is 0.0750. The molecule has 4 rings (SSSR count). The molecule has 0 bridgehead atoms. The Labute approximate surface area is 209 Å². The quantitative estimate of drug-likeness (QED) is 0.257. The van der Waals surface area contributed by atoms with Crippen LogP contribution in [0.25, 0.3) is 10.9 Å². The molecule has 0 saturated heterocycles. The van der Waals surface area contributed by atoms with Crippen LogP contribution in [0.2, 0.25) is 0 Å². The molecule has 0 saturated carbocycles. The summed E-state index contributed by atoms with van der Waals surface area (Å²) >= 11 is 0. The van der Waals surface area contributed by atoms with Gasteiger partial charge in [-0.1, -0.05) is 36.9 Å². The number of nitrogens with one attached hydrogen (secondary N) is 1. The van der Waals surface area contributed by atoms with Crippen molar-refractivity contribution in [3.05, 3.63) is 92.6 Å². The molecule has 2 amide bonds. The molecule has 1 aliphatic heterocycles. The summed E-state index contributed by atoms with van der Waals surface area (Å²) in [5, 5.41) is 0.321. The fourth-order valence-corrected chi connectivity index (χ4v) is 3.91. The van der Waals surface area contributed by atoms with Gasteiger partial charge >= 0.3 is 17.6 Å². The molecule has 0 radical (unpaired) electrons. The molecule has 11 nitrogen and oxygen atoms in total.